The van der Waals surface area contributed by atoms with Gasteiger partial charge in [0, 0.05) is 6.54 Å². The van der Waals surface area contributed by atoms with Crippen LogP contribution in [0.15, 0.2) is 27.6 Å². The van der Waals surface area contributed by atoms with E-state index in [9.17, 15) is 12.8 Å². The highest BCUT2D eigenvalue weighted by molar-refractivity contribution is 9.10. The molecule has 0 aromatic heterocycles. The van der Waals surface area contributed by atoms with Crippen LogP contribution in [0.2, 0.25) is 0 Å². The minimum atomic E-state index is -3.65. The summed E-state index contributed by atoms with van der Waals surface area (Å²) in [6, 6.07) is 3.76. The van der Waals surface area contributed by atoms with E-state index in [1.807, 2.05) is 20.8 Å². The monoisotopic (exact) mass is 337 g/mol. The normalized spacial score (nSPS) is 12.7. The summed E-state index contributed by atoms with van der Waals surface area (Å²) in [5.74, 6) is -0.590. The summed E-state index contributed by atoms with van der Waals surface area (Å²) < 4.78 is 40.0. The number of rotatable bonds is 5. The Kier molecular flexibility index (Phi) is 4.91. The van der Waals surface area contributed by atoms with E-state index in [0.717, 1.165) is 12.5 Å². The predicted molar refractivity (Wildman–Crippen MR) is 73.4 cm³/mol. The lowest BCUT2D eigenvalue weighted by molar-refractivity contribution is 0.350. The van der Waals surface area contributed by atoms with E-state index < -0.39 is 15.8 Å². The molecule has 0 saturated heterocycles. The summed E-state index contributed by atoms with van der Waals surface area (Å²) in [4.78, 5) is -0.0601. The van der Waals surface area contributed by atoms with Gasteiger partial charge in [0.05, 0.1) is 9.37 Å². The maximum Gasteiger partial charge on any atom is 0.240 e. The molecule has 18 heavy (non-hydrogen) atoms. The van der Waals surface area contributed by atoms with E-state index in [4.69, 9.17) is 0 Å². The van der Waals surface area contributed by atoms with Gasteiger partial charge in [-0.15, -0.1) is 0 Å². The first-order valence-electron chi connectivity index (χ1n) is 5.63. The summed E-state index contributed by atoms with van der Waals surface area (Å²) in [5, 5.41) is 0. The fourth-order valence-corrected chi connectivity index (χ4v) is 2.64. The summed E-state index contributed by atoms with van der Waals surface area (Å²) in [5.41, 5.74) is -0.124. The van der Waals surface area contributed by atoms with Gasteiger partial charge >= 0.3 is 0 Å². The van der Waals surface area contributed by atoms with Crippen LogP contribution < -0.4 is 4.72 Å². The van der Waals surface area contributed by atoms with Crippen LogP contribution >= 0.6 is 15.9 Å². The molecule has 0 aliphatic rings. The highest BCUT2D eigenvalue weighted by Gasteiger charge is 2.21. The lowest BCUT2D eigenvalue weighted by Gasteiger charge is -2.22. The molecule has 1 aromatic carbocycles. The molecule has 0 radical (unpaired) electrons. The molecule has 0 saturated carbocycles. The summed E-state index contributed by atoms with van der Waals surface area (Å²) >= 11 is 2.99. The largest absolute Gasteiger partial charge is 0.240 e. The summed E-state index contributed by atoms with van der Waals surface area (Å²) in [6.45, 7) is 6.26. The molecule has 0 spiro atoms. The van der Waals surface area contributed by atoms with Gasteiger partial charge in [-0.2, -0.15) is 0 Å². The van der Waals surface area contributed by atoms with Crippen molar-refractivity contribution >= 4 is 26.0 Å². The van der Waals surface area contributed by atoms with E-state index in [1.54, 1.807) is 0 Å². The van der Waals surface area contributed by atoms with E-state index in [0.29, 0.717) is 6.54 Å². The molecule has 0 heterocycles. The van der Waals surface area contributed by atoms with Crippen molar-refractivity contribution in [1.82, 2.24) is 4.72 Å². The van der Waals surface area contributed by atoms with E-state index in [-0.39, 0.29) is 14.8 Å². The first-order chi connectivity index (χ1) is 8.18. The topological polar surface area (TPSA) is 46.2 Å². The van der Waals surface area contributed by atoms with Gasteiger partial charge in [-0.1, -0.05) is 20.8 Å². The lowest BCUT2D eigenvalue weighted by atomic mass is 9.91. The Balaban J connectivity index is 2.90. The summed E-state index contributed by atoms with van der Waals surface area (Å²) in [7, 11) is -3.65. The second-order valence-electron chi connectivity index (χ2n) is 4.92. The van der Waals surface area contributed by atoms with Gasteiger partial charge in [0.1, 0.15) is 5.82 Å². The third-order valence-electron chi connectivity index (χ3n) is 2.90. The van der Waals surface area contributed by atoms with Crippen LogP contribution in [0.3, 0.4) is 0 Å². The Morgan fingerprint density at radius 1 is 1.39 bits per heavy atom. The highest BCUT2D eigenvalue weighted by atomic mass is 79.9. The van der Waals surface area contributed by atoms with Crippen LogP contribution in [0.4, 0.5) is 4.39 Å². The minimum Gasteiger partial charge on any atom is -0.211 e. The first-order valence-corrected chi connectivity index (χ1v) is 7.90. The van der Waals surface area contributed by atoms with Crippen molar-refractivity contribution < 1.29 is 12.8 Å². The Bertz CT molecular complexity index is 529. The Hall–Kier alpha value is -0.460. The zero-order chi connectivity index (χ0) is 14.0. The standard InChI is InChI=1S/C12H17BrFNO2S/c1-4-12(2,3)8-15-18(16,17)9-5-6-10(13)11(14)7-9/h5-7,15H,4,8H2,1-3H3. The molecule has 0 aliphatic carbocycles. The third kappa shape index (κ3) is 4.03. The molecule has 1 rings (SSSR count). The number of hydrogen-bond acceptors (Lipinski definition) is 2. The van der Waals surface area contributed by atoms with Crippen molar-refractivity contribution in [3.05, 3.63) is 28.5 Å². The van der Waals surface area contributed by atoms with E-state index >= 15 is 0 Å². The molecule has 0 bridgehead atoms. The quantitative estimate of drug-likeness (QED) is 0.895. The van der Waals surface area contributed by atoms with Gasteiger partial charge in [0.15, 0.2) is 0 Å². The molecule has 6 heteroatoms. The molecule has 1 N–H and O–H groups in total. The highest BCUT2D eigenvalue weighted by Crippen LogP contribution is 2.21. The number of hydrogen-bond donors (Lipinski definition) is 1. The SMILES string of the molecule is CCC(C)(C)CNS(=O)(=O)c1ccc(Br)c(F)c1. The second kappa shape index (κ2) is 5.67. The average Bonchev–Trinajstić information content (AvgIpc) is 2.30. The van der Waals surface area contributed by atoms with Gasteiger partial charge < -0.3 is 0 Å². The maximum atomic E-state index is 13.3. The molecule has 0 fully saturated rings. The van der Waals surface area contributed by atoms with Crippen molar-refractivity contribution in [1.29, 1.82) is 0 Å². The molecule has 102 valence electrons. The molecule has 1 aromatic rings. The van der Waals surface area contributed by atoms with Crippen LogP contribution in [0.25, 0.3) is 0 Å². The summed E-state index contributed by atoms with van der Waals surface area (Å²) in [6.07, 6.45) is 0.851. The van der Waals surface area contributed by atoms with E-state index in [1.165, 1.54) is 12.1 Å². The van der Waals surface area contributed by atoms with Crippen LogP contribution in [0, 0.1) is 11.2 Å². The smallest absolute Gasteiger partial charge is 0.211 e. The van der Waals surface area contributed by atoms with E-state index in [2.05, 4.69) is 20.7 Å². The lowest BCUT2D eigenvalue weighted by Crippen LogP contribution is -2.33. The zero-order valence-electron chi connectivity index (χ0n) is 10.6. The van der Waals surface area contributed by atoms with Crippen molar-refractivity contribution in [2.45, 2.75) is 32.1 Å². The number of nitrogens with one attached hydrogen (secondary N) is 1. The van der Waals surface area contributed by atoms with Gasteiger partial charge in [-0.05, 0) is 46.0 Å². The van der Waals surface area contributed by atoms with Crippen LogP contribution in [0.5, 0.6) is 0 Å². The fraction of sp³-hybridized carbons (Fsp3) is 0.500. The van der Waals surface area contributed by atoms with Crippen LogP contribution in [0.1, 0.15) is 27.2 Å². The van der Waals surface area contributed by atoms with Gasteiger partial charge in [0.25, 0.3) is 0 Å². The maximum absolute atomic E-state index is 13.3. The average molecular weight is 338 g/mol. The first kappa shape index (κ1) is 15.6. The Morgan fingerprint density at radius 3 is 2.50 bits per heavy atom. The second-order valence-corrected chi connectivity index (χ2v) is 7.54. The number of sulfonamides is 1. The molecule has 0 amide bonds. The minimum absolute atomic E-state index is 0.0601. The number of benzene rings is 1. The van der Waals surface area contributed by atoms with Crippen molar-refractivity contribution in [2.24, 2.45) is 5.41 Å². The van der Waals surface area contributed by atoms with Crippen molar-refractivity contribution in [2.75, 3.05) is 6.54 Å². The predicted octanol–water partition coefficient (Wildman–Crippen LogP) is 3.30. The molecular formula is C12H17BrFNO2S. The van der Waals surface area contributed by atoms with Crippen LogP contribution in [-0.2, 0) is 10.0 Å². The zero-order valence-corrected chi connectivity index (χ0v) is 13.0. The molecule has 0 unspecified atom stereocenters. The molecular weight excluding hydrogens is 321 g/mol. The van der Waals surface area contributed by atoms with Crippen molar-refractivity contribution in [3.63, 3.8) is 0 Å². The van der Waals surface area contributed by atoms with Crippen LogP contribution in [-0.4, -0.2) is 15.0 Å². The molecule has 0 atom stereocenters. The van der Waals surface area contributed by atoms with Gasteiger partial charge in [0.2, 0.25) is 10.0 Å². The fourth-order valence-electron chi connectivity index (χ4n) is 1.14. The number of halogens is 2. The molecule has 3 nitrogen and oxygen atoms in total. The third-order valence-corrected chi connectivity index (χ3v) is 4.94. The molecule has 0 aliphatic heterocycles. The van der Waals surface area contributed by atoms with Gasteiger partial charge in [-0.3, -0.25) is 0 Å². The Labute approximate surface area is 116 Å². The van der Waals surface area contributed by atoms with Crippen molar-refractivity contribution in [3.8, 4) is 0 Å². The Morgan fingerprint density at radius 2 is 2.00 bits per heavy atom. The van der Waals surface area contributed by atoms with Gasteiger partial charge in [-0.25, -0.2) is 17.5 Å².